The number of nitrogens with one attached hydrogen (secondary N) is 3. The second kappa shape index (κ2) is 8.77. The maximum atomic E-state index is 12.1. The molecule has 0 unspecified atom stereocenters. The Morgan fingerprint density at radius 2 is 1.87 bits per heavy atom. The number of hydrogen-bond donors (Lipinski definition) is 3. The normalized spacial score (nSPS) is 12.3. The molecule has 0 atom stereocenters. The minimum Gasteiger partial charge on any atom is -0.355 e. The number of likely N-dealkylation sites (N-methyl/N-ethyl adjacent to an activating group) is 1. The van der Waals surface area contributed by atoms with Crippen LogP contribution in [-0.4, -0.2) is 40.5 Å². The highest BCUT2D eigenvalue weighted by Crippen LogP contribution is 2.21. The third-order valence-electron chi connectivity index (χ3n) is 3.08. The van der Waals surface area contributed by atoms with Gasteiger partial charge in [-0.3, -0.25) is 4.79 Å². The van der Waals surface area contributed by atoms with Crippen molar-refractivity contribution >= 4 is 27.3 Å². The van der Waals surface area contributed by atoms with E-state index in [9.17, 15) is 13.2 Å². The zero-order valence-electron chi connectivity index (χ0n) is 14.2. The van der Waals surface area contributed by atoms with Crippen molar-refractivity contribution in [3.05, 3.63) is 17.0 Å². The fraction of sp³-hybridized carbons (Fsp3) is 0.667. The van der Waals surface area contributed by atoms with E-state index in [0.717, 1.165) is 11.4 Å². The molecule has 3 N–H and O–H groups in total. The van der Waals surface area contributed by atoms with Crippen LogP contribution in [-0.2, 0) is 21.2 Å². The fourth-order valence-electron chi connectivity index (χ4n) is 1.72. The van der Waals surface area contributed by atoms with Gasteiger partial charge in [-0.2, -0.15) is 0 Å². The minimum atomic E-state index is -3.44. The molecule has 6 nitrogen and oxygen atoms in total. The van der Waals surface area contributed by atoms with Gasteiger partial charge in [0.05, 0.1) is 0 Å². The zero-order chi connectivity index (χ0) is 17.5. The SMILES string of the molecule is CCNCCNS(=O)(=O)c1ccc(CCNC(=O)C(C)(C)C)s1. The van der Waals surface area contributed by atoms with Crippen LogP contribution >= 0.6 is 11.3 Å². The number of hydrogen-bond acceptors (Lipinski definition) is 5. The van der Waals surface area contributed by atoms with Gasteiger partial charge in [0.1, 0.15) is 4.21 Å². The summed E-state index contributed by atoms with van der Waals surface area (Å²) in [6, 6.07) is 3.41. The van der Waals surface area contributed by atoms with E-state index in [-0.39, 0.29) is 5.91 Å². The second-order valence-corrected chi connectivity index (χ2v) is 9.39. The number of carbonyl (C=O) groups excluding carboxylic acids is 1. The molecular formula is C15H27N3O3S2. The molecular weight excluding hydrogens is 334 g/mol. The van der Waals surface area contributed by atoms with Crippen molar-refractivity contribution in [2.24, 2.45) is 5.41 Å². The van der Waals surface area contributed by atoms with Crippen LogP contribution in [0.5, 0.6) is 0 Å². The summed E-state index contributed by atoms with van der Waals surface area (Å²) in [6.45, 7) is 9.83. The number of amides is 1. The van der Waals surface area contributed by atoms with E-state index in [1.165, 1.54) is 11.3 Å². The van der Waals surface area contributed by atoms with E-state index in [0.29, 0.717) is 30.3 Å². The van der Waals surface area contributed by atoms with Gasteiger partial charge in [0.25, 0.3) is 0 Å². The van der Waals surface area contributed by atoms with Gasteiger partial charge in [-0.1, -0.05) is 27.7 Å². The molecule has 0 spiro atoms. The van der Waals surface area contributed by atoms with E-state index >= 15 is 0 Å². The predicted molar refractivity (Wildman–Crippen MR) is 94.2 cm³/mol. The fourth-order valence-corrected chi connectivity index (χ4v) is 4.15. The zero-order valence-corrected chi connectivity index (χ0v) is 15.9. The van der Waals surface area contributed by atoms with Gasteiger partial charge in [-0.15, -0.1) is 11.3 Å². The second-order valence-electron chi connectivity index (χ2n) is 6.23. The van der Waals surface area contributed by atoms with Crippen LogP contribution < -0.4 is 15.4 Å². The molecule has 1 rings (SSSR count). The molecule has 0 bridgehead atoms. The predicted octanol–water partition coefficient (Wildman–Crippen LogP) is 1.34. The smallest absolute Gasteiger partial charge is 0.250 e. The molecule has 0 radical (unpaired) electrons. The number of sulfonamides is 1. The number of rotatable bonds is 9. The molecule has 1 heterocycles. The Balaban J connectivity index is 2.49. The molecule has 0 saturated carbocycles. The van der Waals surface area contributed by atoms with Crippen LogP contribution in [0, 0.1) is 5.41 Å². The van der Waals surface area contributed by atoms with Crippen molar-refractivity contribution in [3.63, 3.8) is 0 Å². The van der Waals surface area contributed by atoms with Crippen molar-refractivity contribution in [2.45, 2.75) is 38.3 Å². The van der Waals surface area contributed by atoms with Gasteiger partial charge in [0, 0.05) is 29.9 Å². The van der Waals surface area contributed by atoms with Crippen molar-refractivity contribution in [3.8, 4) is 0 Å². The summed E-state index contributed by atoms with van der Waals surface area (Å²) < 4.78 is 27.1. The first-order valence-corrected chi connectivity index (χ1v) is 10.0. The van der Waals surface area contributed by atoms with Crippen LogP contribution in [0.4, 0.5) is 0 Å². The third kappa shape index (κ3) is 6.99. The summed E-state index contributed by atoms with van der Waals surface area (Å²) in [5, 5.41) is 5.93. The first-order chi connectivity index (χ1) is 10.7. The topological polar surface area (TPSA) is 87.3 Å². The van der Waals surface area contributed by atoms with E-state index < -0.39 is 15.4 Å². The highest BCUT2D eigenvalue weighted by atomic mass is 32.2. The number of carbonyl (C=O) groups is 1. The van der Waals surface area contributed by atoms with E-state index in [4.69, 9.17) is 0 Å². The van der Waals surface area contributed by atoms with Gasteiger partial charge in [0.15, 0.2) is 0 Å². The van der Waals surface area contributed by atoms with Crippen molar-refractivity contribution in [1.29, 1.82) is 0 Å². The molecule has 23 heavy (non-hydrogen) atoms. The summed E-state index contributed by atoms with van der Waals surface area (Å²) in [5.74, 6) is -0.00741. The summed E-state index contributed by atoms with van der Waals surface area (Å²) in [5.41, 5.74) is -0.416. The number of thiophene rings is 1. The highest BCUT2D eigenvalue weighted by Gasteiger charge is 2.20. The van der Waals surface area contributed by atoms with Crippen molar-refractivity contribution in [1.82, 2.24) is 15.4 Å². The molecule has 1 aromatic heterocycles. The lowest BCUT2D eigenvalue weighted by Gasteiger charge is -2.17. The minimum absolute atomic E-state index is 0.00741. The monoisotopic (exact) mass is 361 g/mol. The van der Waals surface area contributed by atoms with Gasteiger partial charge in [-0.25, -0.2) is 13.1 Å². The molecule has 0 saturated heterocycles. The maximum Gasteiger partial charge on any atom is 0.250 e. The molecule has 132 valence electrons. The Bertz CT molecular complexity index is 604. The Kier molecular flexibility index (Phi) is 7.66. The van der Waals surface area contributed by atoms with E-state index in [1.807, 2.05) is 27.7 Å². The van der Waals surface area contributed by atoms with Gasteiger partial charge in [-0.05, 0) is 25.1 Å². The van der Waals surface area contributed by atoms with Crippen LogP contribution in [0.25, 0.3) is 0 Å². The van der Waals surface area contributed by atoms with Crippen LogP contribution in [0.2, 0.25) is 0 Å². The summed E-state index contributed by atoms with van der Waals surface area (Å²) >= 11 is 1.24. The van der Waals surface area contributed by atoms with E-state index in [1.54, 1.807) is 12.1 Å². The molecule has 1 aromatic rings. The molecule has 0 aliphatic heterocycles. The quantitative estimate of drug-likeness (QED) is 0.579. The first kappa shape index (κ1) is 20.1. The lowest BCUT2D eigenvalue weighted by molar-refractivity contribution is -0.128. The molecule has 0 fully saturated rings. The Labute approximate surface area is 143 Å². The summed E-state index contributed by atoms with van der Waals surface area (Å²) in [6.07, 6.45) is 0.624. The largest absolute Gasteiger partial charge is 0.355 e. The van der Waals surface area contributed by atoms with E-state index in [2.05, 4.69) is 15.4 Å². The van der Waals surface area contributed by atoms with Crippen LogP contribution in [0.15, 0.2) is 16.3 Å². The van der Waals surface area contributed by atoms with Crippen LogP contribution in [0.1, 0.15) is 32.6 Å². The van der Waals surface area contributed by atoms with Gasteiger partial charge >= 0.3 is 0 Å². The Morgan fingerprint density at radius 1 is 1.17 bits per heavy atom. The first-order valence-electron chi connectivity index (χ1n) is 7.74. The average molecular weight is 362 g/mol. The van der Waals surface area contributed by atoms with Crippen molar-refractivity contribution in [2.75, 3.05) is 26.2 Å². The highest BCUT2D eigenvalue weighted by molar-refractivity contribution is 7.91. The molecule has 8 heteroatoms. The molecule has 0 aromatic carbocycles. The summed E-state index contributed by atoms with van der Waals surface area (Å²) in [4.78, 5) is 12.7. The van der Waals surface area contributed by atoms with Crippen molar-refractivity contribution < 1.29 is 13.2 Å². The van der Waals surface area contributed by atoms with Gasteiger partial charge < -0.3 is 10.6 Å². The lowest BCUT2D eigenvalue weighted by Crippen LogP contribution is -2.35. The molecule has 0 aliphatic carbocycles. The standard InChI is InChI=1S/C15H27N3O3S2/c1-5-16-10-11-18-23(20,21)13-7-6-12(22-13)8-9-17-14(19)15(2,3)4/h6-7,16,18H,5,8-11H2,1-4H3,(H,17,19). The lowest BCUT2D eigenvalue weighted by atomic mass is 9.96. The maximum absolute atomic E-state index is 12.1. The average Bonchev–Trinajstić information content (AvgIpc) is 2.92. The summed E-state index contributed by atoms with van der Waals surface area (Å²) in [7, 11) is -3.44. The molecule has 0 aliphatic rings. The third-order valence-corrected chi connectivity index (χ3v) is 6.18. The Hall–Kier alpha value is -0.960. The van der Waals surface area contributed by atoms with Crippen LogP contribution in [0.3, 0.4) is 0 Å². The van der Waals surface area contributed by atoms with Gasteiger partial charge in [0.2, 0.25) is 15.9 Å². The molecule has 1 amide bonds. The Morgan fingerprint density at radius 3 is 2.48 bits per heavy atom.